The van der Waals surface area contributed by atoms with Gasteiger partial charge < -0.3 is 0 Å². The molecule has 1 rings (SSSR count). The predicted octanol–water partition coefficient (Wildman–Crippen LogP) is 2.44. The molecule has 64 valence electrons. The minimum atomic E-state index is 0.716. The summed E-state index contributed by atoms with van der Waals surface area (Å²) in [5, 5.41) is 3.37. The highest BCUT2D eigenvalue weighted by Gasteiger charge is 1.99. The number of unbranched alkanes of at least 4 members (excludes halogenated alkanes) is 1. The quantitative estimate of drug-likeness (QED) is 0.524. The van der Waals surface area contributed by atoms with Gasteiger partial charge in [0.1, 0.15) is 12.2 Å². The highest BCUT2D eigenvalue weighted by Crippen LogP contribution is 2.05. The van der Waals surface area contributed by atoms with Gasteiger partial charge in [-0.2, -0.15) is 5.11 Å². The van der Waals surface area contributed by atoms with Gasteiger partial charge in [0.15, 0.2) is 12.4 Å². The SMILES string of the molecule is CCCC[n+]1cccc(N=N)c1. The lowest BCUT2D eigenvalue weighted by atomic mass is 10.3. The van der Waals surface area contributed by atoms with Crippen LogP contribution in [0.5, 0.6) is 0 Å². The van der Waals surface area contributed by atoms with E-state index in [0.29, 0.717) is 5.69 Å². The first kappa shape index (κ1) is 8.84. The summed E-state index contributed by atoms with van der Waals surface area (Å²) in [6.45, 7) is 3.18. The maximum absolute atomic E-state index is 6.83. The Morgan fingerprint density at radius 3 is 3.08 bits per heavy atom. The van der Waals surface area contributed by atoms with Gasteiger partial charge in [-0.25, -0.2) is 10.1 Å². The Kier molecular flexibility index (Phi) is 3.38. The summed E-state index contributed by atoms with van der Waals surface area (Å²) < 4.78 is 2.07. The molecule has 1 heterocycles. The lowest BCUT2D eigenvalue weighted by Crippen LogP contribution is -2.32. The van der Waals surface area contributed by atoms with Crippen molar-refractivity contribution in [3.8, 4) is 0 Å². The zero-order valence-electron chi connectivity index (χ0n) is 7.33. The molecule has 3 heteroatoms. The van der Waals surface area contributed by atoms with Crippen LogP contribution in [-0.4, -0.2) is 0 Å². The number of rotatable bonds is 4. The lowest BCUT2D eigenvalue weighted by Gasteiger charge is -1.94. The van der Waals surface area contributed by atoms with Crippen molar-refractivity contribution in [1.82, 2.24) is 0 Å². The third-order valence-corrected chi connectivity index (χ3v) is 1.74. The second-order valence-electron chi connectivity index (χ2n) is 2.77. The van der Waals surface area contributed by atoms with Crippen molar-refractivity contribution >= 4 is 5.69 Å². The average Bonchev–Trinajstić information content (AvgIpc) is 2.15. The highest BCUT2D eigenvalue weighted by molar-refractivity contribution is 5.28. The van der Waals surface area contributed by atoms with E-state index >= 15 is 0 Å². The molecular formula is C9H14N3+. The molecule has 0 atom stereocenters. The zero-order valence-corrected chi connectivity index (χ0v) is 7.33. The monoisotopic (exact) mass is 164 g/mol. The summed E-state index contributed by atoms with van der Waals surface area (Å²) in [6.07, 6.45) is 6.26. The van der Waals surface area contributed by atoms with Crippen LogP contribution in [0.2, 0.25) is 0 Å². The maximum atomic E-state index is 6.83. The molecule has 3 nitrogen and oxygen atoms in total. The Morgan fingerprint density at radius 2 is 2.42 bits per heavy atom. The van der Waals surface area contributed by atoms with E-state index in [-0.39, 0.29) is 0 Å². The molecule has 0 bridgehead atoms. The molecular weight excluding hydrogens is 150 g/mol. The smallest absolute Gasteiger partial charge is 0.196 e. The van der Waals surface area contributed by atoms with E-state index in [0.717, 1.165) is 6.54 Å². The van der Waals surface area contributed by atoms with E-state index in [1.165, 1.54) is 12.8 Å². The maximum Gasteiger partial charge on any atom is 0.196 e. The fourth-order valence-electron chi connectivity index (χ4n) is 1.05. The van der Waals surface area contributed by atoms with Crippen LogP contribution in [0.4, 0.5) is 5.69 Å². The van der Waals surface area contributed by atoms with E-state index < -0.39 is 0 Å². The van der Waals surface area contributed by atoms with Crippen LogP contribution >= 0.6 is 0 Å². The Balaban J connectivity index is 2.66. The Bertz CT molecular complexity index is 258. The molecule has 0 saturated carbocycles. The van der Waals surface area contributed by atoms with Crippen molar-refractivity contribution in [2.75, 3.05) is 0 Å². The lowest BCUT2D eigenvalue weighted by molar-refractivity contribution is -0.696. The summed E-state index contributed by atoms with van der Waals surface area (Å²) in [5.41, 5.74) is 7.55. The third-order valence-electron chi connectivity index (χ3n) is 1.74. The standard InChI is InChI=1S/C9H14N3/c1-2-3-6-12-7-4-5-9(8-12)11-10/h4-5,7-8,10H,2-3,6H2,1H3/q+1. The van der Waals surface area contributed by atoms with Crippen molar-refractivity contribution in [2.45, 2.75) is 26.3 Å². The van der Waals surface area contributed by atoms with Gasteiger partial charge in [-0.3, -0.25) is 0 Å². The van der Waals surface area contributed by atoms with E-state index in [9.17, 15) is 0 Å². The predicted molar refractivity (Wildman–Crippen MR) is 46.4 cm³/mol. The van der Waals surface area contributed by atoms with Crippen molar-refractivity contribution < 1.29 is 4.57 Å². The van der Waals surface area contributed by atoms with Crippen LogP contribution in [0.25, 0.3) is 0 Å². The van der Waals surface area contributed by atoms with Crippen molar-refractivity contribution in [1.29, 1.82) is 5.53 Å². The summed E-state index contributed by atoms with van der Waals surface area (Å²) in [4.78, 5) is 0. The van der Waals surface area contributed by atoms with Gasteiger partial charge in [-0.15, -0.1) is 0 Å². The normalized spacial score (nSPS) is 9.75. The minimum absolute atomic E-state index is 0.716. The number of nitrogens with zero attached hydrogens (tertiary/aromatic N) is 2. The van der Waals surface area contributed by atoms with Gasteiger partial charge in [0.2, 0.25) is 0 Å². The van der Waals surface area contributed by atoms with Crippen LogP contribution < -0.4 is 4.57 Å². The van der Waals surface area contributed by atoms with Gasteiger partial charge in [0.05, 0.1) is 0 Å². The number of pyridine rings is 1. The third kappa shape index (κ3) is 2.42. The molecule has 1 aromatic heterocycles. The summed E-state index contributed by atoms with van der Waals surface area (Å²) in [6, 6.07) is 3.75. The summed E-state index contributed by atoms with van der Waals surface area (Å²) in [5.74, 6) is 0. The van der Waals surface area contributed by atoms with Crippen LogP contribution in [0.15, 0.2) is 29.6 Å². The first-order valence-corrected chi connectivity index (χ1v) is 4.23. The van der Waals surface area contributed by atoms with Gasteiger partial charge >= 0.3 is 0 Å². The minimum Gasteiger partial charge on any atom is -0.204 e. The number of aromatic nitrogens is 1. The molecule has 0 aliphatic carbocycles. The number of hydrogen-bond acceptors (Lipinski definition) is 2. The second-order valence-corrected chi connectivity index (χ2v) is 2.77. The van der Waals surface area contributed by atoms with Gasteiger partial charge in [0.25, 0.3) is 0 Å². The Hall–Kier alpha value is -1.25. The average molecular weight is 164 g/mol. The van der Waals surface area contributed by atoms with Crippen LogP contribution in [0.1, 0.15) is 19.8 Å². The highest BCUT2D eigenvalue weighted by atomic mass is 15.0. The largest absolute Gasteiger partial charge is 0.204 e. The van der Waals surface area contributed by atoms with Crippen molar-refractivity contribution in [2.24, 2.45) is 5.11 Å². The Morgan fingerprint density at radius 1 is 1.58 bits per heavy atom. The topological polar surface area (TPSA) is 40.1 Å². The van der Waals surface area contributed by atoms with Gasteiger partial charge in [0, 0.05) is 12.5 Å². The summed E-state index contributed by atoms with van der Waals surface area (Å²) >= 11 is 0. The summed E-state index contributed by atoms with van der Waals surface area (Å²) in [7, 11) is 0. The molecule has 0 radical (unpaired) electrons. The molecule has 0 aliphatic heterocycles. The second kappa shape index (κ2) is 4.59. The zero-order chi connectivity index (χ0) is 8.81. The molecule has 1 aromatic rings. The fraction of sp³-hybridized carbons (Fsp3) is 0.444. The molecule has 0 unspecified atom stereocenters. The molecule has 0 aliphatic rings. The van der Waals surface area contributed by atoms with Crippen molar-refractivity contribution in [3.05, 3.63) is 24.5 Å². The molecule has 0 aromatic carbocycles. The molecule has 0 saturated heterocycles. The van der Waals surface area contributed by atoms with E-state index in [2.05, 4.69) is 16.6 Å². The van der Waals surface area contributed by atoms with Crippen LogP contribution in [0, 0.1) is 5.53 Å². The molecule has 1 N–H and O–H groups in total. The van der Waals surface area contributed by atoms with Gasteiger partial charge in [-0.05, 0) is 6.07 Å². The molecule has 0 spiro atoms. The first-order chi connectivity index (χ1) is 5.86. The van der Waals surface area contributed by atoms with E-state index in [1.54, 1.807) is 0 Å². The fourth-order valence-corrected chi connectivity index (χ4v) is 1.05. The molecule has 0 fully saturated rings. The van der Waals surface area contributed by atoms with Crippen molar-refractivity contribution in [3.63, 3.8) is 0 Å². The van der Waals surface area contributed by atoms with Crippen LogP contribution in [0.3, 0.4) is 0 Å². The van der Waals surface area contributed by atoms with Gasteiger partial charge in [-0.1, -0.05) is 13.3 Å². The molecule has 0 amide bonds. The Labute approximate surface area is 72.6 Å². The number of aryl methyl sites for hydroxylation is 1. The number of nitrogens with one attached hydrogen (secondary N) is 1. The first-order valence-electron chi connectivity index (χ1n) is 4.23. The van der Waals surface area contributed by atoms with Crippen LogP contribution in [-0.2, 0) is 6.54 Å². The van der Waals surface area contributed by atoms with E-state index in [1.807, 2.05) is 24.5 Å². The number of hydrogen-bond donors (Lipinski definition) is 1. The van der Waals surface area contributed by atoms with E-state index in [4.69, 9.17) is 5.53 Å². The molecule has 12 heavy (non-hydrogen) atoms.